The fraction of sp³-hybridized carbons (Fsp3) is 0.353. The minimum Gasteiger partial charge on any atom is -0.483 e. The summed E-state index contributed by atoms with van der Waals surface area (Å²) in [6, 6.07) is 11.2. The predicted octanol–water partition coefficient (Wildman–Crippen LogP) is 2.35. The summed E-state index contributed by atoms with van der Waals surface area (Å²) in [6.45, 7) is 2.70. The van der Waals surface area contributed by atoms with Gasteiger partial charge in [0.05, 0.1) is 12.2 Å². The minimum atomic E-state index is -0.372. The van der Waals surface area contributed by atoms with Crippen molar-refractivity contribution in [3.8, 4) is 5.75 Å². The first-order valence-corrected chi connectivity index (χ1v) is 7.08. The van der Waals surface area contributed by atoms with E-state index < -0.39 is 0 Å². The maximum atomic E-state index is 12.0. The molecule has 1 heterocycles. The molecule has 0 aliphatic rings. The zero-order valence-electron chi connectivity index (χ0n) is 13.1. The first-order valence-electron chi connectivity index (χ1n) is 7.08. The molecule has 0 aliphatic carbocycles. The van der Waals surface area contributed by atoms with Gasteiger partial charge in [-0.25, -0.2) is 0 Å². The summed E-state index contributed by atoms with van der Waals surface area (Å²) in [7, 11) is 3.16. The van der Waals surface area contributed by atoms with Crippen LogP contribution >= 0.6 is 0 Å². The molecule has 0 unspecified atom stereocenters. The first-order chi connectivity index (χ1) is 10.7. The maximum absolute atomic E-state index is 12.0. The first kappa shape index (κ1) is 16.3. The molecule has 0 radical (unpaired) electrons. The van der Waals surface area contributed by atoms with E-state index in [1.807, 2.05) is 41.8 Å². The molecule has 0 aliphatic heterocycles. The Bertz CT molecular complexity index is 647. The van der Waals surface area contributed by atoms with Gasteiger partial charge in [0.15, 0.2) is 12.0 Å². The third-order valence-electron chi connectivity index (χ3n) is 3.49. The summed E-state index contributed by atoms with van der Waals surface area (Å²) in [5, 5.41) is 0. The lowest BCUT2D eigenvalue weighted by Gasteiger charge is -2.19. The number of ether oxygens (including phenoxy) is 3. The molecule has 0 saturated carbocycles. The van der Waals surface area contributed by atoms with Crippen LogP contribution in [0.1, 0.15) is 11.3 Å². The molecule has 0 fully saturated rings. The quantitative estimate of drug-likeness (QED) is 0.737. The number of aromatic nitrogens is 1. The van der Waals surface area contributed by atoms with E-state index in [0.29, 0.717) is 18.9 Å². The van der Waals surface area contributed by atoms with Gasteiger partial charge in [-0.1, -0.05) is 30.3 Å². The van der Waals surface area contributed by atoms with E-state index in [2.05, 4.69) is 0 Å². The van der Waals surface area contributed by atoms with Crippen molar-refractivity contribution in [3.05, 3.63) is 64.1 Å². The van der Waals surface area contributed by atoms with Crippen LogP contribution < -0.4 is 10.2 Å². The number of rotatable bonds is 7. The van der Waals surface area contributed by atoms with E-state index in [0.717, 1.165) is 11.3 Å². The Hall–Kier alpha value is -2.11. The summed E-state index contributed by atoms with van der Waals surface area (Å²) >= 11 is 0. The Balaban J connectivity index is 2.18. The summed E-state index contributed by atoms with van der Waals surface area (Å²) in [5.41, 5.74) is 1.64. The third kappa shape index (κ3) is 3.96. The minimum absolute atomic E-state index is 0.129. The second-order valence-corrected chi connectivity index (χ2v) is 4.92. The van der Waals surface area contributed by atoms with Gasteiger partial charge in [-0.15, -0.1) is 0 Å². The van der Waals surface area contributed by atoms with Crippen LogP contribution in [0.2, 0.25) is 0 Å². The number of hydrogen-bond donors (Lipinski definition) is 0. The molecule has 2 aromatic rings. The molecule has 5 nitrogen and oxygen atoms in total. The van der Waals surface area contributed by atoms with Crippen LogP contribution in [0.25, 0.3) is 0 Å². The Kier molecular flexibility index (Phi) is 5.75. The average Bonchev–Trinajstić information content (AvgIpc) is 2.55. The van der Waals surface area contributed by atoms with E-state index in [-0.39, 0.29) is 11.7 Å². The molecule has 1 aromatic carbocycles. The largest absolute Gasteiger partial charge is 0.483 e. The molecule has 0 amide bonds. The highest BCUT2D eigenvalue weighted by molar-refractivity contribution is 5.28. The Morgan fingerprint density at radius 2 is 1.77 bits per heavy atom. The van der Waals surface area contributed by atoms with Gasteiger partial charge < -0.3 is 18.8 Å². The number of methoxy groups -OCH3 is 2. The van der Waals surface area contributed by atoms with E-state index in [9.17, 15) is 4.79 Å². The predicted molar refractivity (Wildman–Crippen MR) is 84.0 cm³/mol. The summed E-state index contributed by atoms with van der Waals surface area (Å²) in [4.78, 5) is 12.0. The van der Waals surface area contributed by atoms with Crippen molar-refractivity contribution in [2.75, 3.05) is 14.2 Å². The van der Waals surface area contributed by atoms with Gasteiger partial charge in [0, 0.05) is 26.5 Å². The van der Waals surface area contributed by atoms with Gasteiger partial charge in [-0.3, -0.25) is 4.79 Å². The molecular weight excluding hydrogens is 282 g/mol. The molecule has 0 saturated heterocycles. The van der Waals surface area contributed by atoms with Crippen molar-refractivity contribution >= 4 is 0 Å². The smallest absolute Gasteiger partial charge is 0.223 e. The summed E-state index contributed by atoms with van der Waals surface area (Å²) in [6.07, 6.45) is 1.35. The standard InChI is InChI=1S/C17H21NO4/c1-13-17(22-12-14-7-5-4-6-8-14)15(19)9-10-18(13)11-16(20-2)21-3/h4-10,16H,11-12H2,1-3H3. The Morgan fingerprint density at radius 1 is 1.09 bits per heavy atom. The van der Waals surface area contributed by atoms with Crippen molar-refractivity contribution in [3.63, 3.8) is 0 Å². The van der Waals surface area contributed by atoms with Gasteiger partial charge >= 0.3 is 0 Å². The second-order valence-electron chi connectivity index (χ2n) is 4.92. The molecule has 0 bridgehead atoms. The third-order valence-corrected chi connectivity index (χ3v) is 3.49. The van der Waals surface area contributed by atoms with E-state index >= 15 is 0 Å². The lowest BCUT2D eigenvalue weighted by Crippen LogP contribution is -2.23. The monoisotopic (exact) mass is 303 g/mol. The van der Waals surface area contributed by atoms with Crippen molar-refractivity contribution in [1.29, 1.82) is 0 Å². The van der Waals surface area contributed by atoms with Crippen LogP contribution in [-0.4, -0.2) is 25.1 Å². The number of pyridine rings is 1. The van der Waals surface area contributed by atoms with E-state index in [1.54, 1.807) is 20.4 Å². The van der Waals surface area contributed by atoms with Crippen LogP contribution in [0.15, 0.2) is 47.4 Å². The fourth-order valence-electron chi connectivity index (χ4n) is 2.16. The van der Waals surface area contributed by atoms with Gasteiger partial charge in [-0.2, -0.15) is 0 Å². The van der Waals surface area contributed by atoms with Crippen molar-refractivity contribution < 1.29 is 14.2 Å². The summed E-state index contributed by atoms with van der Waals surface area (Å²) in [5.74, 6) is 0.359. The highest BCUT2D eigenvalue weighted by Gasteiger charge is 2.12. The van der Waals surface area contributed by atoms with Crippen LogP contribution in [0.4, 0.5) is 0 Å². The highest BCUT2D eigenvalue weighted by atomic mass is 16.7. The molecule has 22 heavy (non-hydrogen) atoms. The second kappa shape index (κ2) is 7.77. The number of benzene rings is 1. The number of nitrogens with zero attached hydrogens (tertiary/aromatic N) is 1. The molecule has 118 valence electrons. The Morgan fingerprint density at radius 3 is 2.41 bits per heavy atom. The molecule has 1 aromatic heterocycles. The van der Waals surface area contributed by atoms with Crippen LogP contribution in [0, 0.1) is 6.92 Å². The number of hydrogen-bond acceptors (Lipinski definition) is 4. The molecule has 5 heteroatoms. The summed E-state index contributed by atoms with van der Waals surface area (Å²) < 4.78 is 18.0. The molecule has 0 N–H and O–H groups in total. The molecule has 2 rings (SSSR count). The fourth-order valence-corrected chi connectivity index (χ4v) is 2.16. The van der Waals surface area contributed by atoms with Gasteiger partial charge in [0.25, 0.3) is 0 Å². The lowest BCUT2D eigenvalue weighted by atomic mass is 10.2. The van der Waals surface area contributed by atoms with E-state index in [4.69, 9.17) is 14.2 Å². The molecular formula is C17H21NO4. The van der Waals surface area contributed by atoms with Crippen molar-refractivity contribution in [1.82, 2.24) is 4.57 Å². The average molecular weight is 303 g/mol. The van der Waals surface area contributed by atoms with Gasteiger partial charge in [0.2, 0.25) is 5.43 Å². The van der Waals surface area contributed by atoms with Crippen LogP contribution in [-0.2, 0) is 22.6 Å². The van der Waals surface area contributed by atoms with Gasteiger partial charge in [-0.05, 0) is 12.5 Å². The van der Waals surface area contributed by atoms with Crippen LogP contribution in [0.5, 0.6) is 5.75 Å². The zero-order valence-corrected chi connectivity index (χ0v) is 13.1. The van der Waals surface area contributed by atoms with Crippen LogP contribution in [0.3, 0.4) is 0 Å². The normalized spacial score (nSPS) is 10.9. The topological polar surface area (TPSA) is 49.7 Å². The van der Waals surface area contributed by atoms with Crippen molar-refractivity contribution in [2.45, 2.75) is 26.4 Å². The van der Waals surface area contributed by atoms with E-state index in [1.165, 1.54) is 6.07 Å². The SMILES string of the molecule is COC(Cn1ccc(=O)c(OCc2ccccc2)c1C)OC. The molecule has 0 atom stereocenters. The Labute approximate surface area is 130 Å². The van der Waals surface area contributed by atoms with Gasteiger partial charge in [0.1, 0.15) is 6.61 Å². The lowest BCUT2D eigenvalue weighted by molar-refractivity contribution is -0.111. The maximum Gasteiger partial charge on any atom is 0.223 e. The zero-order chi connectivity index (χ0) is 15.9. The van der Waals surface area contributed by atoms with Crippen molar-refractivity contribution in [2.24, 2.45) is 0 Å². The molecule has 0 spiro atoms. The highest BCUT2D eigenvalue weighted by Crippen LogP contribution is 2.15.